The Morgan fingerprint density at radius 2 is 1.48 bits per heavy atom. The number of unbranched alkanes of at least 4 members (excludes halogenated alkanes) is 8. The Labute approximate surface area is 142 Å². The average molecular weight is 322 g/mol. The van der Waals surface area contributed by atoms with Crippen LogP contribution in [0.4, 0.5) is 0 Å². The summed E-state index contributed by atoms with van der Waals surface area (Å²) in [5, 5.41) is 0. The normalized spacial score (nSPS) is 11.4. The monoisotopic (exact) mass is 322 g/mol. The van der Waals surface area contributed by atoms with Crippen LogP contribution < -0.4 is 0 Å². The Bertz CT molecular complexity index is 356. The summed E-state index contributed by atoms with van der Waals surface area (Å²) >= 11 is 0. The standard InChI is InChI=1S/C20H34O3/c1-3-4-5-6-7-10-13-16-19(21)17-14-11-8-9-12-15-18-20(22)23-2/h7,10,13,16H,3-6,8-9,11-12,14-15,17-18H2,1-2H3. The minimum absolute atomic E-state index is 0.123. The summed E-state index contributed by atoms with van der Waals surface area (Å²) in [6.07, 6.45) is 19.9. The maximum absolute atomic E-state index is 11.6. The van der Waals surface area contributed by atoms with Gasteiger partial charge in [-0.25, -0.2) is 0 Å². The second-order valence-corrected chi connectivity index (χ2v) is 5.95. The van der Waals surface area contributed by atoms with Gasteiger partial charge in [0, 0.05) is 12.8 Å². The SMILES string of the molecule is CCCCCC=CC=CC(=O)CCCCCCCCC(=O)OC. The summed E-state index contributed by atoms with van der Waals surface area (Å²) in [5.41, 5.74) is 0. The Balaban J connectivity index is 3.41. The molecule has 3 nitrogen and oxygen atoms in total. The summed E-state index contributed by atoms with van der Waals surface area (Å²) in [7, 11) is 1.43. The highest BCUT2D eigenvalue weighted by Gasteiger charge is 2.00. The predicted octanol–water partition coefficient (Wildman–Crippen LogP) is 5.54. The lowest BCUT2D eigenvalue weighted by atomic mass is 10.1. The summed E-state index contributed by atoms with van der Waals surface area (Å²) in [4.78, 5) is 22.6. The number of rotatable bonds is 15. The van der Waals surface area contributed by atoms with Gasteiger partial charge in [0.1, 0.15) is 0 Å². The van der Waals surface area contributed by atoms with Gasteiger partial charge >= 0.3 is 5.97 Å². The van der Waals surface area contributed by atoms with Crippen molar-refractivity contribution in [3.63, 3.8) is 0 Å². The van der Waals surface area contributed by atoms with Gasteiger partial charge in [-0.15, -0.1) is 0 Å². The second kappa shape index (κ2) is 17.0. The van der Waals surface area contributed by atoms with Crippen LogP contribution in [0.15, 0.2) is 24.3 Å². The van der Waals surface area contributed by atoms with Crippen molar-refractivity contribution in [2.45, 2.75) is 84.0 Å². The van der Waals surface area contributed by atoms with Crippen molar-refractivity contribution in [1.82, 2.24) is 0 Å². The lowest BCUT2D eigenvalue weighted by molar-refractivity contribution is -0.140. The van der Waals surface area contributed by atoms with Crippen LogP contribution in [0.5, 0.6) is 0 Å². The maximum Gasteiger partial charge on any atom is 0.305 e. The molecule has 0 aromatic carbocycles. The summed E-state index contributed by atoms with van der Waals surface area (Å²) in [6.45, 7) is 2.20. The van der Waals surface area contributed by atoms with Gasteiger partial charge in [-0.05, 0) is 31.8 Å². The number of carbonyl (C=O) groups is 2. The molecular formula is C20H34O3. The fourth-order valence-electron chi connectivity index (χ4n) is 2.31. The van der Waals surface area contributed by atoms with Crippen molar-refractivity contribution in [3.05, 3.63) is 24.3 Å². The third-order valence-corrected chi connectivity index (χ3v) is 3.79. The van der Waals surface area contributed by atoms with Crippen molar-refractivity contribution >= 4 is 11.8 Å². The van der Waals surface area contributed by atoms with Gasteiger partial charge in [-0.1, -0.05) is 63.7 Å². The minimum Gasteiger partial charge on any atom is -0.469 e. The average Bonchev–Trinajstić information content (AvgIpc) is 2.56. The molecule has 0 amide bonds. The minimum atomic E-state index is -0.123. The quantitative estimate of drug-likeness (QED) is 0.172. The first-order valence-electron chi connectivity index (χ1n) is 9.13. The molecule has 0 saturated heterocycles. The van der Waals surface area contributed by atoms with Gasteiger partial charge in [0.2, 0.25) is 0 Å². The van der Waals surface area contributed by atoms with E-state index in [4.69, 9.17) is 0 Å². The highest BCUT2D eigenvalue weighted by atomic mass is 16.5. The molecule has 0 radical (unpaired) electrons. The highest BCUT2D eigenvalue weighted by molar-refractivity contribution is 5.89. The van der Waals surface area contributed by atoms with Crippen LogP contribution in [0.3, 0.4) is 0 Å². The maximum atomic E-state index is 11.6. The molecule has 0 atom stereocenters. The fraction of sp³-hybridized carbons (Fsp3) is 0.700. The zero-order valence-corrected chi connectivity index (χ0v) is 15.0. The number of ether oxygens (including phenoxy) is 1. The van der Waals surface area contributed by atoms with E-state index in [0.717, 1.165) is 44.9 Å². The first-order valence-corrected chi connectivity index (χ1v) is 9.13. The van der Waals surface area contributed by atoms with Crippen molar-refractivity contribution < 1.29 is 14.3 Å². The fourth-order valence-corrected chi connectivity index (χ4v) is 2.31. The van der Waals surface area contributed by atoms with Gasteiger partial charge < -0.3 is 4.74 Å². The van der Waals surface area contributed by atoms with E-state index >= 15 is 0 Å². The zero-order valence-electron chi connectivity index (χ0n) is 15.0. The van der Waals surface area contributed by atoms with Gasteiger partial charge in [-0.3, -0.25) is 9.59 Å². The molecule has 23 heavy (non-hydrogen) atoms. The smallest absolute Gasteiger partial charge is 0.305 e. The summed E-state index contributed by atoms with van der Waals surface area (Å²) < 4.78 is 4.60. The Morgan fingerprint density at radius 1 is 0.826 bits per heavy atom. The van der Waals surface area contributed by atoms with E-state index in [0.29, 0.717) is 12.8 Å². The molecule has 0 unspecified atom stereocenters. The van der Waals surface area contributed by atoms with Crippen LogP contribution in [-0.2, 0) is 14.3 Å². The molecule has 0 N–H and O–H groups in total. The first-order chi connectivity index (χ1) is 11.2. The number of allylic oxidation sites excluding steroid dienone is 4. The molecule has 0 aromatic heterocycles. The molecule has 0 aliphatic carbocycles. The molecule has 0 aliphatic heterocycles. The number of carbonyl (C=O) groups excluding carboxylic acids is 2. The second-order valence-electron chi connectivity index (χ2n) is 5.95. The highest BCUT2D eigenvalue weighted by Crippen LogP contribution is 2.09. The Morgan fingerprint density at radius 3 is 2.13 bits per heavy atom. The van der Waals surface area contributed by atoms with E-state index < -0.39 is 0 Å². The van der Waals surface area contributed by atoms with Crippen LogP contribution >= 0.6 is 0 Å². The summed E-state index contributed by atoms with van der Waals surface area (Å²) in [5.74, 6) is 0.0932. The molecule has 0 bridgehead atoms. The Hall–Kier alpha value is -1.38. The number of hydrogen-bond acceptors (Lipinski definition) is 3. The number of ketones is 1. The predicted molar refractivity (Wildman–Crippen MR) is 96.4 cm³/mol. The van der Waals surface area contributed by atoms with Gasteiger partial charge in [0.15, 0.2) is 5.78 Å². The van der Waals surface area contributed by atoms with E-state index in [1.54, 1.807) is 6.08 Å². The van der Waals surface area contributed by atoms with Crippen LogP contribution in [0, 0.1) is 0 Å². The van der Waals surface area contributed by atoms with Crippen molar-refractivity contribution in [2.75, 3.05) is 7.11 Å². The molecular weight excluding hydrogens is 288 g/mol. The van der Waals surface area contributed by atoms with Crippen LogP contribution in [0.1, 0.15) is 84.0 Å². The topological polar surface area (TPSA) is 43.4 Å². The molecule has 0 rings (SSSR count). The van der Waals surface area contributed by atoms with Crippen LogP contribution in [-0.4, -0.2) is 18.9 Å². The van der Waals surface area contributed by atoms with E-state index in [-0.39, 0.29) is 11.8 Å². The number of methoxy groups -OCH3 is 1. The van der Waals surface area contributed by atoms with Gasteiger partial charge in [0.25, 0.3) is 0 Å². The van der Waals surface area contributed by atoms with E-state index in [9.17, 15) is 9.59 Å². The molecule has 0 aliphatic rings. The molecule has 0 saturated carbocycles. The van der Waals surface area contributed by atoms with Gasteiger partial charge in [0.05, 0.1) is 7.11 Å². The van der Waals surface area contributed by atoms with Crippen molar-refractivity contribution in [2.24, 2.45) is 0 Å². The van der Waals surface area contributed by atoms with E-state index in [2.05, 4.69) is 17.7 Å². The lowest BCUT2D eigenvalue weighted by Gasteiger charge is -2.01. The molecule has 0 spiro atoms. The lowest BCUT2D eigenvalue weighted by Crippen LogP contribution is -1.99. The zero-order chi connectivity index (χ0) is 17.2. The largest absolute Gasteiger partial charge is 0.469 e. The third-order valence-electron chi connectivity index (χ3n) is 3.79. The van der Waals surface area contributed by atoms with E-state index in [1.165, 1.54) is 26.4 Å². The van der Waals surface area contributed by atoms with Crippen molar-refractivity contribution in [1.29, 1.82) is 0 Å². The Kier molecular flexibility index (Phi) is 16.0. The first kappa shape index (κ1) is 21.6. The van der Waals surface area contributed by atoms with Crippen LogP contribution in [0.25, 0.3) is 0 Å². The number of esters is 1. The van der Waals surface area contributed by atoms with Gasteiger partial charge in [-0.2, -0.15) is 0 Å². The molecule has 132 valence electrons. The molecule has 0 aromatic rings. The number of hydrogen-bond donors (Lipinski definition) is 0. The molecule has 0 heterocycles. The van der Waals surface area contributed by atoms with Crippen LogP contribution in [0.2, 0.25) is 0 Å². The van der Waals surface area contributed by atoms with Crippen molar-refractivity contribution in [3.8, 4) is 0 Å². The molecule has 0 fully saturated rings. The summed E-state index contributed by atoms with van der Waals surface area (Å²) in [6, 6.07) is 0. The third kappa shape index (κ3) is 16.8. The molecule has 3 heteroatoms. The van der Waals surface area contributed by atoms with E-state index in [1.807, 2.05) is 12.2 Å².